The van der Waals surface area contributed by atoms with Gasteiger partial charge in [0, 0.05) is 35.8 Å². The zero-order chi connectivity index (χ0) is 23.1. The normalized spacial score (nSPS) is 12.9. The largest absolute Gasteiger partial charge is 0.493 e. The first kappa shape index (κ1) is 21.4. The minimum atomic E-state index is -0.0789. The summed E-state index contributed by atoms with van der Waals surface area (Å²) in [6, 6.07) is 11.7. The molecule has 33 heavy (non-hydrogen) atoms. The lowest BCUT2D eigenvalue weighted by Gasteiger charge is -2.19. The molecule has 0 bridgehead atoms. The molecular formula is C25H27N3O5. The molecule has 1 aromatic heterocycles. The third kappa shape index (κ3) is 3.61. The van der Waals surface area contributed by atoms with Crippen molar-refractivity contribution < 1.29 is 18.9 Å². The number of rotatable bonds is 7. The highest BCUT2D eigenvalue weighted by molar-refractivity contribution is 6.16. The number of hydrogen-bond donors (Lipinski definition) is 1. The molecule has 0 radical (unpaired) electrons. The third-order valence-corrected chi connectivity index (χ3v) is 5.97. The molecule has 0 fully saturated rings. The van der Waals surface area contributed by atoms with Gasteiger partial charge < -0.3 is 34.1 Å². The van der Waals surface area contributed by atoms with E-state index in [4.69, 9.17) is 24.7 Å². The Morgan fingerprint density at radius 3 is 2.48 bits per heavy atom. The molecule has 4 aromatic rings. The molecule has 0 aliphatic carbocycles. The van der Waals surface area contributed by atoms with E-state index in [1.807, 2.05) is 49.0 Å². The second kappa shape index (κ2) is 8.46. The number of ether oxygens (including phenoxy) is 4. The molecule has 8 heteroatoms. The Morgan fingerprint density at radius 1 is 1.00 bits per heavy atom. The fourth-order valence-electron chi connectivity index (χ4n) is 4.37. The van der Waals surface area contributed by atoms with Crippen LogP contribution in [0, 0.1) is 0 Å². The van der Waals surface area contributed by atoms with Crippen molar-refractivity contribution in [2.45, 2.75) is 6.54 Å². The van der Waals surface area contributed by atoms with Crippen LogP contribution in [0.2, 0.25) is 0 Å². The summed E-state index contributed by atoms with van der Waals surface area (Å²) in [6.45, 7) is 2.16. The van der Waals surface area contributed by atoms with Crippen molar-refractivity contribution in [2.75, 3.05) is 47.7 Å². The number of aromatic nitrogens is 1. The Kier molecular flexibility index (Phi) is 5.47. The van der Waals surface area contributed by atoms with Crippen LogP contribution < -0.4 is 30.2 Å². The first-order chi connectivity index (χ1) is 16.0. The first-order valence-corrected chi connectivity index (χ1v) is 10.9. The molecule has 5 rings (SSSR count). The molecule has 2 N–H and O–H groups in total. The van der Waals surface area contributed by atoms with Crippen molar-refractivity contribution in [1.29, 1.82) is 0 Å². The Bertz CT molecular complexity index is 1430. The van der Waals surface area contributed by atoms with Crippen molar-refractivity contribution in [3.05, 3.63) is 46.8 Å². The molecule has 1 aliphatic heterocycles. The standard InChI is InChI=1S/C25H27N3O5/c1-27(2)7-8-28-24-16(5-4-15-10-21-23(11-17(15)24)33-14-32-21)18-12-20(30-3)22(31-9-6-26)13-19(18)25(28)29/h4-5,10-13H,6-9,14,26H2,1-3H3. The summed E-state index contributed by atoms with van der Waals surface area (Å²) in [7, 11) is 5.58. The van der Waals surface area contributed by atoms with Crippen LogP contribution in [-0.2, 0) is 6.54 Å². The Hall–Kier alpha value is -3.49. The van der Waals surface area contributed by atoms with Crippen LogP contribution in [0.4, 0.5) is 0 Å². The minimum absolute atomic E-state index is 0.0789. The quantitative estimate of drug-likeness (QED) is 0.434. The van der Waals surface area contributed by atoms with Crippen LogP contribution in [0.1, 0.15) is 0 Å². The number of methoxy groups -OCH3 is 1. The number of nitrogens with zero attached hydrogens (tertiary/aromatic N) is 2. The Labute approximate surface area is 191 Å². The number of benzene rings is 3. The van der Waals surface area contributed by atoms with Crippen LogP contribution in [0.15, 0.2) is 41.2 Å². The summed E-state index contributed by atoms with van der Waals surface area (Å²) in [5.41, 5.74) is 6.40. The van der Waals surface area contributed by atoms with Gasteiger partial charge in [-0.2, -0.15) is 0 Å². The highest BCUT2D eigenvalue weighted by Crippen LogP contribution is 2.41. The van der Waals surface area contributed by atoms with Gasteiger partial charge in [0.2, 0.25) is 6.79 Å². The van der Waals surface area contributed by atoms with E-state index in [1.165, 1.54) is 0 Å². The first-order valence-electron chi connectivity index (χ1n) is 10.9. The van der Waals surface area contributed by atoms with E-state index in [1.54, 1.807) is 13.2 Å². The number of hydrogen-bond acceptors (Lipinski definition) is 7. The summed E-state index contributed by atoms with van der Waals surface area (Å²) in [5, 5.41) is 4.27. The summed E-state index contributed by atoms with van der Waals surface area (Å²) in [4.78, 5) is 15.9. The van der Waals surface area contributed by atoms with Gasteiger partial charge in [-0.05, 0) is 43.7 Å². The van der Waals surface area contributed by atoms with E-state index in [0.717, 1.165) is 27.1 Å². The highest BCUT2D eigenvalue weighted by atomic mass is 16.7. The molecule has 0 atom stereocenters. The lowest BCUT2D eigenvalue weighted by molar-refractivity contribution is 0.174. The summed E-state index contributed by atoms with van der Waals surface area (Å²) in [6.07, 6.45) is 0. The SMILES string of the molecule is COc1cc2c(cc1OCCN)c(=O)n(CCN(C)C)c1c3cc4c(cc3ccc21)OCO4. The van der Waals surface area contributed by atoms with Gasteiger partial charge in [-0.25, -0.2) is 0 Å². The van der Waals surface area contributed by atoms with Crippen molar-refractivity contribution in [1.82, 2.24) is 9.47 Å². The predicted molar refractivity (Wildman–Crippen MR) is 129 cm³/mol. The number of nitrogens with two attached hydrogens (primary N) is 1. The minimum Gasteiger partial charge on any atom is -0.493 e. The molecule has 0 saturated heterocycles. The second-order valence-corrected chi connectivity index (χ2v) is 8.33. The zero-order valence-corrected chi connectivity index (χ0v) is 19.0. The maximum atomic E-state index is 13.8. The maximum Gasteiger partial charge on any atom is 0.259 e. The van der Waals surface area contributed by atoms with Crippen molar-refractivity contribution in [3.8, 4) is 23.0 Å². The number of likely N-dealkylation sites (N-methyl/N-ethyl adjacent to an activating group) is 1. The van der Waals surface area contributed by atoms with E-state index in [9.17, 15) is 4.79 Å². The van der Waals surface area contributed by atoms with Crippen molar-refractivity contribution in [3.63, 3.8) is 0 Å². The lowest BCUT2D eigenvalue weighted by atomic mass is 9.99. The van der Waals surface area contributed by atoms with Crippen LogP contribution in [0.5, 0.6) is 23.0 Å². The molecule has 2 heterocycles. The van der Waals surface area contributed by atoms with Gasteiger partial charge >= 0.3 is 0 Å². The van der Waals surface area contributed by atoms with Gasteiger partial charge in [0.15, 0.2) is 23.0 Å². The van der Waals surface area contributed by atoms with Gasteiger partial charge in [-0.1, -0.05) is 12.1 Å². The van der Waals surface area contributed by atoms with Crippen molar-refractivity contribution >= 4 is 32.4 Å². The van der Waals surface area contributed by atoms with Crippen LogP contribution in [0.3, 0.4) is 0 Å². The molecule has 3 aromatic carbocycles. The number of fused-ring (bicyclic) bond motifs is 6. The number of pyridine rings is 1. The molecule has 0 spiro atoms. The molecule has 1 aliphatic rings. The molecule has 172 valence electrons. The molecule has 0 amide bonds. The van der Waals surface area contributed by atoms with Gasteiger partial charge in [-0.3, -0.25) is 4.79 Å². The average Bonchev–Trinajstić information content (AvgIpc) is 3.27. The van der Waals surface area contributed by atoms with Gasteiger partial charge in [0.1, 0.15) is 6.61 Å². The topological polar surface area (TPSA) is 88.2 Å². The summed E-state index contributed by atoms with van der Waals surface area (Å²) >= 11 is 0. The van der Waals surface area contributed by atoms with E-state index in [2.05, 4.69) is 4.90 Å². The molecule has 8 nitrogen and oxygen atoms in total. The predicted octanol–water partition coefficient (Wildman–Crippen LogP) is 2.94. The summed E-state index contributed by atoms with van der Waals surface area (Å²) in [5.74, 6) is 2.47. The third-order valence-electron chi connectivity index (χ3n) is 5.97. The fraction of sp³-hybridized carbons (Fsp3) is 0.320. The molecular weight excluding hydrogens is 422 g/mol. The van der Waals surface area contributed by atoms with E-state index < -0.39 is 0 Å². The van der Waals surface area contributed by atoms with Gasteiger partial charge in [0.05, 0.1) is 18.0 Å². The Morgan fingerprint density at radius 2 is 1.76 bits per heavy atom. The van der Waals surface area contributed by atoms with Gasteiger partial charge in [-0.15, -0.1) is 0 Å². The van der Waals surface area contributed by atoms with Crippen LogP contribution in [-0.4, -0.2) is 57.2 Å². The lowest BCUT2D eigenvalue weighted by Crippen LogP contribution is -2.27. The smallest absolute Gasteiger partial charge is 0.259 e. The monoisotopic (exact) mass is 449 g/mol. The highest BCUT2D eigenvalue weighted by Gasteiger charge is 2.20. The van der Waals surface area contributed by atoms with Crippen molar-refractivity contribution in [2.24, 2.45) is 5.73 Å². The second-order valence-electron chi connectivity index (χ2n) is 8.33. The Balaban J connectivity index is 1.88. The molecule has 0 saturated carbocycles. The van der Waals surface area contributed by atoms with E-state index in [-0.39, 0.29) is 12.4 Å². The fourth-order valence-corrected chi connectivity index (χ4v) is 4.37. The van der Waals surface area contributed by atoms with Crippen LogP contribution in [0.25, 0.3) is 32.4 Å². The van der Waals surface area contributed by atoms with Gasteiger partial charge in [0.25, 0.3) is 5.56 Å². The average molecular weight is 450 g/mol. The zero-order valence-electron chi connectivity index (χ0n) is 19.0. The molecule has 0 unspecified atom stereocenters. The van der Waals surface area contributed by atoms with Crippen LogP contribution >= 0.6 is 0 Å². The maximum absolute atomic E-state index is 13.8. The van der Waals surface area contributed by atoms with E-state index in [0.29, 0.717) is 54.6 Å². The summed E-state index contributed by atoms with van der Waals surface area (Å²) < 4.78 is 24.4. The van der Waals surface area contributed by atoms with E-state index >= 15 is 0 Å².